The molecule has 2 aliphatic heterocycles. The Morgan fingerprint density at radius 1 is 1.33 bits per heavy atom. The zero-order chi connectivity index (χ0) is 10.4. The van der Waals surface area contributed by atoms with Gasteiger partial charge in [-0.05, 0) is 11.4 Å². The summed E-state index contributed by atoms with van der Waals surface area (Å²) in [5.74, 6) is -0.247. The number of hydrogen-bond donors (Lipinski definition) is 2. The second-order valence-electron chi connectivity index (χ2n) is 3.50. The van der Waals surface area contributed by atoms with Crippen molar-refractivity contribution in [3.05, 3.63) is 33.5 Å². The molecule has 2 amide bonds. The Morgan fingerprint density at radius 3 is 2.93 bits per heavy atom. The van der Waals surface area contributed by atoms with Crippen molar-refractivity contribution < 1.29 is 9.59 Å². The average molecular weight is 220 g/mol. The van der Waals surface area contributed by atoms with E-state index in [1.165, 1.54) is 0 Å². The van der Waals surface area contributed by atoms with E-state index < -0.39 is 0 Å². The second kappa shape index (κ2) is 2.93. The molecule has 4 nitrogen and oxygen atoms in total. The molecule has 0 saturated heterocycles. The predicted octanol–water partition coefficient (Wildman–Crippen LogP) is 0.345. The highest BCUT2D eigenvalue weighted by Crippen LogP contribution is 2.34. The molecule has 2 aliphatic rings. The maximum atomic E-state index is 11.6. The molecule has 1 unspecified atom stereocenters. The van der Waals surface area contributed by atoms with Crippen LogP contribution < -0.4 is 10.6 Å². The Morgan fingerprint density at radius 2 is 2.20 bits per heavy atom. The summed E-state index contributed by atoms with van der Waals surface area (Å²) in [6.07, 6.45) is 0. The van der Waals surface area contributed by atoms with E-state index >= 15 is 0 Å². The van der Waals surface area contributed by atoms with Crippen LogP contribution in [0.5, 0.6) is 0 Å². The Bertz CT molecular complexity index is 474. The van der Waals surface area contributed by atoms with Gasteiger partial charge >= 0.3 is 0 Å². The summed E-state index contributed by atoms with van der Waals surface area (Å²) in [5.41, 5.74) is 1.20. The average Bonchev–Trinajstić information content (AvgIpc) is 2.86. The Hall–Kier alpha value is -1.62. The number of nitrogens with one attached hydrogen (secondary N) is 2. The van der Waals surface area contributed by atoms with Crippen LogP contribution in [0.3, 0.4) is 0 Å². The minimum absolute atomic E-state index is 0.123. The van der Waals surface area contributed by atoms with E-state index in [-0.39, 0.29) is 17.9 Å². The van der Waals surface area contributed by atoms with Crippen molar-refractivity contribution in [3.63, 3.8) is 0 Å². The van der Waals surface area contributed by atoms with Crippen LogP contribution >= 0.6 is 11.3 Å². The largest absolute Gasteiger partial charge is 0.348 e. The molecule has 5 heteroatoms. The molecule has 3 heterocycles. The molecule has 0 saturated carbocycles. The normalized spacial score (nSPS) is 24.1. The van der Waals surface area contributed by atoms with Crippen LogP contribution in [0.15, 0.2) is 28.7 Å². The van der Waals surface area contributed by atoms with E-state index in [9.17, 15) is 9.59 Å². The van der Waals surface area contributed by atoms with Crippen LogP contribution in [-0.4, -0.2) is 18.4 Å². The maximum absolute atomic E-state index is 11.6. The van der Waals surface area contributed by atoms with Crippen molar-refractivity contribution in [3.8, 4) is 0 Å². The highest BCUT2D eigenvalue weighted by Gasteiger charge is 2.40. The molecule has 0 bridgehead atoms. The maximum Gasteiger partial charge on any atom is 0.250 e. The van der Waals surface area contributed by atoms with Gasteiger partial charge in [-0.15, -0.1) is 11.3 Å². The Labute approximate surface area is 90.0 Å². The number of rotatable bonds is 1. The fraction of sp³-hybridized carbons (Fsp3) is 0.200. The molecule has 3 rings (SSSR count). The van der Waals surface area contributed by atoms with Gasteiger partial charge < -0.3 is 10.6 Å². The van der Waals surface area contributed by atoms with Gasteiger partial charge in [0.05, 0.1) is 11.6 Å². The first kappa shape index (κ1) is 8.67. The molecule has 0 radical (unpaired) electrons. The predicted molar refractivity (Wildman–Crippen MR) is 55.2 cm³/mol. The highest BCUT2D eigenvalue weighted by molar-refractivity contribution is 7.10. The second-order valence-corrected chi connectivity index (χ2v) is 4.48. The molecule has 0 spiro atoms. The summed E-state index contributed by atoms with van der Waals surface area (Å²) in [6, 6.07) is 3.60. The van der Waals surface area contributed by atoms with E-state index in [1.807, 2.05) is 17.5 Å². The van der Waals surface area contributed by atoms with Gasteiger partial charge in [0.1, 0.15) is 0 Å². The van der Waals surface area contributed by atoms with Gasteiger partial charge in [-0.1, -0.05) is 6.07 Å². The van der Waals surface area contributed by atoms with Crippen LogP contribution in [0.1, 0.15) is 10.9 Å². The number of carbonyl (C=O) groups excluding carboxylic acids is 2. The molecule has 0 aromatic carbocycles. The topological polar surface area (TPSA) is 58.2 Å². The first-order chi connectivity index (χ1) is 7.27. The van der Waals surface area contributed by atoms with Gasteiger partial charge in [0.15, 0.2) is 0 Å². The SMILES string of the molecule is O=C1NC(c2cccs2)C2=C1CNC2=O. The number of carbonyl (C=O) groups is 2. The summed E-state index contributed by atoms with van der Waals surface area (Å²) >= 11 is 1.54. The van der Waals surface area contributed by atoms with Gasteiger partial charge in [0.2, 0.25) is 5.91 Å². The van der Waals surface area contributed by atoms with E-state index in [4.69, 9.17) is 0 Å². The molecule has 1 atom stereocenters. The zero-order valence-electron chi connectivity index (χ0n) is 7.74. The van der Waals surface area contributed by atoms with E-state index in [2.05, 4.69) is 10.6 Å². The summed E-state index contributed by atoms with van der Waals surface area (Å²) < 4.78 is 0. The molecular formula is C10H8N2O2S. The number of amides is 2. The van der Waals surface area contributed by atoms with Crippen molar-refractivity contribution in [2.75, 3.05) is 6.54 Å². The lowest BCUT2D eigenvalue weighted by atomic mass is 10.1. The lowest BCUT2D eigenvalue weighted by Gasteiger charge is -2.11. The minimum Gasteiger partial charge on any atom is -0.348 e. The van der Waals surface area contributed by atoms with Crippen molar-refractivity contribution in [2.24, 2.45) is 0 Å². The van der Waals surface area contributed by atoms with Gasteiger partial charge in [-0.2, -0.15) is 0 Å². The van der Waals surface area contributed by atoms with Crippen molar-refractivity contribution in [1.82, 2.24) is 10.6 Å². The van der Waals surface area contributed by atoms with Gasteiger partial charge in [0, 0.05) is 17.0 Å². The molecule has 0 fully saturated rings. The smallest absolute Gasteiger partial charge is 0.250 e. The third kappa shape index (κ3) is 1.13. The molecule has 15 heavy (non-hydrogen) atoms. The van der Waals surface area contributed by atoms with E-state index in [0.29, 0.717) is 17.7 Å². The van der Waals surface area contributed by atoms with Crippen LogP contribution in [0.2, 0.25) is 0 Å². The van der Waals surface area contributed by atoms with E-state index in [0.717, 1.165) is 4.88 Å². The Balaban J connectivity index is 2.07. The fourth-order valence-corrected chi connectivity index (χ4v) is 2.75. The molecule has 1 aromatic heterocycles. The van der Waals surface area contributed by atoms with Gasteiger partial charge in [-0.3, -0.25) is 9.59 Å². The van der Waals surface area contributed by atoms with Crippen LogP contribution in [-0.2, 0) is 9.59 Å². The molecular weight excluding hydrogens is 212 g/mol. The monoisotopic (exact) mass is 220 g/mol. The van der Waals surface area contributed by atoms with Crippen LogP contribution in [0.4, 0.5) is 0 Å². The summed E-state index contributed by atoms with van der Waals surface area (Å²) in [5, 5.41) is 7.44. The van der Waals surface area contributed by atoms with Crippen molar-refractivity contribution >= 4 is 23.2 Å². The summed E-state index contributed by atoms with van der Waals surface area (Å²) in [6.45, 7) is 0.363. The quantitative estimate of drug-likeness (QED) is 0.717. The van der Waals surface area contributed by atoms with Crippen LogP contribution in [0.25, 0.3) is 0 Å². The molecule has 1 aromatic rings. The summed E-state index contributed by atoms with van der Waals surface area (Å²) in [4.78, 5) is 24.1. The standard InChI is InChI=1S/C10H8N2O2S/c13-9-5-4-11-10(14)7(5)8(12-9)6-2-1-3-15-6/h1-3,8H,4H2,(H,11,14)(H,12,13). The molecule has 2 N–H and O–H groups in total. The lowest BCUT2D eigenvalue weighted by Crippen LogP contribution is -2.30. The highest BCUT2D eigenvalue weighted by atomic mass is 32.1. The van der Waals surface area contributed by atoms with Gasteiger partial charge in [0.25, 0.3) is 5.91 Å². The first-order valence-electron chi connectivity index (χ1n) is 4.63. The Kier molecular flexibility index (Phi) is 1.70. The van der Waals surface area contributed by atoms with E-state index in [1.54, 1.807) is 11.3 Å². The van der Waals surface area contributed by atoms with Crippen molar-refractivity contribution in [1.29, 1.82) is 0 Å². The molecule has 76 valence electrons. The van der Waals surface area contributed by atoms with Gasteiger partial charge in [-0.25, -0.2) is 0 Å². The third-order valence-corrected chi connectivity index (χ3v) is 3.60. The lowest BCUT2D eigenvalue weighted by molar-refractivity contribution is -0.117. The number of hydrogen-bond acceptors (Lipinski definition) is 3. The first-order valence-corrected chi connectivity index (χ1v) is 5.51. The third-order valence-electron chi connectivity index (χ3n) is 2.66. The fourth-order valence-electron chi connectivity index (χ4n) is 1.96. The number of thiophene rings is 1. The molecule has 0 aliphatic carbocycles. The minimum atomic E-state index is -0.241. The van der Waals surface area contributed by atoms with Crippen LogP contribution in [0, 0.1) is 0 Å². The zero-order valence-corrected chi connectivity index (χ0v) is 8.56. The van der Waals surface area contributed by atoms with Crippen molar-refractivity contribution in [2.45, 2.75) is 6.04 Å². The summed E-state index contributed by atoms with van der Waals surface area (Å²) in [7, 11) is 0.